The predicted molar refractivity (Wildman–Crippen MR) is 81.2 cm³/mol. The quantitative estimate of drug-likeness (QED) is 0.760. The van der Waals surface area contributed by atoms with Crippen LogP contribution < -0.4 is 9.20 Å². The van der Waals surface area contributed by atoms with E-state index in [1.54, 1.807) is 6.07 Å². The molecule has 98 valence electrons. The number of benzene rings is 2. The van der Waals surface area contributed by atoms with E-state index in [9.17, 15) is 0 Å². The third-order valence-corrected chi connectivity index (χ3v) is 5.98. The Morgan fingerprint density at radius 1 is 1.16 bits per heavy atom. The van der Waals surface area contributed by atoms with Gasteiger partial charge in [-0.2, -0.15) is 0 Å². The summed E-state index contributed by atoms with van der Waals surface area (Å²) in [5.74, 6) is 0.853. The van der Waals surface area contributed by atoms with Crippen LogP contribution in [0.2, 0.25) is 15.4 Å². The van der Waals surface area contributed by atoms with E-state index in [0.29, 0.717) is 20.0 Å². The topological polar surface area (TPSA) is 9.23 Å². The van der Waals surface area contributed by atoms with E-state index in [1.807, 2.05) is 12.1 Å². The Labute approximate surface area is 129 Å². The Morgan fingerprint density at radius 2 is 1.95 bits per heavy atom. The summed E-state index contributed by atoms with van der Waals surface area (Å²) in [7, 11) is 0. The van der Waals surface area contributed by atoms with Crippen molar-refractivity contribution in [3.05, 3.63) is 58.1 Å². The minimum atomic E-state index is 0.228. The third kappa shape index (κ3) is 3.09. The molecule has 0 saturated heterocycles. The molecule has 0 aliphatic carbocycles. The second kappa shape index (κ2) is 5.76. The van der Waals surface area contributed by atoms with Crippen molar-refractivity contribution in [2.75, 3.05) is 0 Å². The third-order valence-electron chi connectivity index (χ3n) is 3.02. The van der Waals surface area contributed by atoms with E-state index in [0.717, 1.165) is 28.1 Å². The number of fused-ring (bicyclic) bond motifs is 1. The van der Waals surface area contributed by atoms with E-state index >= 15 is 0 Å². The molecule has 1 aliphatic heterocycles. The molecule has 0 fully saturated rings. The molecule has 0 amide bonds. The summed E-state index contributed by atoms with van der Waals surface area (Å²) in [6, 6.07) is 14.2. The van der Waals surface area contributed by atoms with Crippen molar-refractivity contribution in [1.29, 1.82) is 0 Å². The Bertz CT molecular complexity index is 586. The maximum absolute atomic E-state index is 6.20. The van der Waals surface area contributed by atoms with E-state index in [-0.39, 0.29) is 6.10 Å². The zero-order valence-electron chi connectivity index (χ0n) is 10.1. The molecule has 1 atom stereocenters. The first-order chi connectivity index (χ1) is 9.22. The summed E-state index contributed by atoms with van der Waals surface area (Å²) in [5, 5.41) is 2.41. The van der Waals surface area contributed by atoms with Gasteiger partial charge in [0.1, 0.15) is 0 Å². The Kier molecular flexibility index (Phi) is 4.04. The molecule has 19 heavy (non-hydrogen) atoms. The van der Waals surface area contributed by atoms with Gasteiger partial charge >= 0.3 is 129 Å². The standard InChI is InChI=1S/C15H12Cl2OSe/c16-10-6-14(17)13-8-11(18-15(13)7-10)9-19-12-4-2-1-3-5-12/h1-7,11H,8-9H2. The van der Waals surface area contributed by atoms with E-state index in [1.165, 1.54) is 4.46 Å². The van der Waals surface area contributed by atoms with Gasteiger partial charge in [0.05, 0.1) is 0 Å². The number of ether oxygens (including phenoxy) is 1. The summed E-state index contributed by atoms with van der Waals surface area (Å²) in [5.41, 5.74) is 1.10. The van der Waals surface area contributed by atoms with Crippen LogP contribution in [0.5, 0.6) is 5.75 Å². The van der Waals surface area contributed by atoms with Gasteiger partial charge in [0.25, 0.3) is 0 Å². The second-order valence-corrected chi connectivity index (χ2v) is 7.57. The molecule has 1 aliphatic rings. The van der Waals surface area contributed by atoms with Crippen molar-refractivity contribution in [2.24, 2.45) is 0 Å². The molecule has 0 spiro atoms. The molecule has 0 saturated carbocycles. The van der Waals surface area contributed by atoms with Crippen molar-refractivity contribution in [1.82, 2.24) is 0 Å². The zero-order valence-corrected chi connectivity index (χ0v) is 13.3. The van der Waals surface area contributed by atoms with Gasteiger partial charge in [-0.15, -0.1) is 0 Å². The van der Waals surface area contributed by atoms with Gasteiger partial charge < -0.3 is 0 Å². The van der Waals surface area contributed by atoms with Crippen LogP contribution in [0.1, 0.15) is 5.56 Å². The molecule has 3 rings (SSSR count). The van der Waals surface area contributed by atoms with Crippen LogP contribution >= 0.6 is 23.2 Å². The molecular formula is C15H12Cl2OSe. The normalized spacial score (nSPS) is 17.1. The molecule has 4 heteroatoms. The van der Waals surface area contributed by atoms with Crippen LogP contribution in [0, 0.1) is 0 Å². The van der Waals surface area contributed by atoms with Gasteiger partial charge in [0.2, 0.25) is 0 Å². The van der Waals surface area contributed by atoms with Crippen LogP contribution in [0.4, 0.5) is 0 Å². The molecule has 1 heterocycles. The molecule has 0 bridgehead atoms. The molecular weight excluding hydrogens is 346 g/mol. The van der Waals surface area contributed by atoms with E-state index in [2.05, 4.69) is 24.3 Å². The van der Waals surface area contributed by atoms with E-state index < -0.39 is 0 Å². The molecule has 0 N–H and O–H groups in total. The fourth-order valence-corrected chi connectivity index (χ4v) is 4.60. The van der Waals surface area contributed by atoms with Gasteiger partial charge in [0, 0.05) is 0 Å². The summed E-state index contributed by atoms with van der Waals surface area (Å²) in [6.07, 6.45) is 1.12. The molecule has 1 nitrogen and oxygen atoms in total. The molecule has 0 aromatic heterocycles. The number of hydrogen-bond acceptors (Lipinski definition) is 1. The summed E-state index contributed by atoms with van der Waals surface area (Å²) >= 11 is 12.6. The van der Waals surface area contributed by atoms with Crippen molar-refractivity contribution < 1.29 is 4.74 Å². The van der Waals surface area contributed by atoms with Gasteiger partial charge in [0.15, 0.2) is 0 Å². The molecule has 1 unspecified atom stereocenters. The second-order valence-electron chi connectivity index (χ2n) is 4.43. The van der Waals surface area contributed by atoms with Crippen molar-refractivity contribution in [2.45, 2.75) is 17.8 Å². The number of halogens is 2. The summed E-state index contributed by atoms with van der Waals surface area (Å²) in [4.78, 5) is 0. The monoisotopic (exact) mass is 358 g/mol. The van der Waals surface area contributed by atoms with Crippen molar-refractivity contribution in [3.8, 4) is 5.75 Å². The fourth-order valence-electron chi connectivity index (χ4n) is 2.13. The maximum atomic E-state index is 6.20. The van der Waals surface area contributed by atoms with Crippen molar-refractivity contribution in [3.63, 3.8) is 0 Å². The average molecular weight is 358 g/mol. The molecule has 2 aromatic carbocycles. The first kappa shape index (κ1) is 13.3. The SMILES string of the molecule is Clc1cc(Cl)c2c(c1)OC(C[Se]c1ccccc1)C2. The Morgan fingerprint density at radius 3 is 2.74 bits per heavy atom. The van der Waals surface area contributed by atoms with Gasteiger partial charge in [-0.25, -0.2) is 0 Å². The Hall–Kier alpha value is -0.661. The number of rotatable bonds is 3. The fraction of sp³-hybridized carbons (Fsp3) is 0.200. The van der Waals surface area contributed by atoms with Crippen molar-refractivity contribution >= 4 is 42.6 Å². The van der Waals surface area contributed by atoms with Crippen LogP contribution in [-0.4, -0.2) is 21.1 Å². The molecule has 0 radical (unpaired) electrons. The summed E-state index contributed by atoms with van der Waals surface area (Å²) < 4.78 is 7.34. The Balaban J connectivity index is 1.66. The zero-order chi connectivity index (χ0) is 13.2. The van der Waals surface area contributed by atoms with Gasteiger partial charge in [-0.05, 0) is 0 Å². The predicted octanol–water partition coefficient (Wildman–Crippen LogP) is 3.74. The van der Waals surface area contributed by atoms with Gasteiger partial charge in [-0.3, -0.25) is 0 Å². The van der Waals surface area contributed by atoms with Crippen LogP contribution in [0.3, 0.4) is 0 Å². The van der Waals surface area contributed by atoms with Crippen LogP contribution in [-0.2, 0) is 6.42 Å². The minimum absolute atomic E-state index is 0.228. The first-order valence-corrected chi connectivity index (χ1v) is 8.87. The van der Waals surface area contributed by atoms with Gasteiger partial charge in [-0.1, -0.05) is 0 Å². The van der Waals surface area contributed by atoms with Crippen LogP contribution in [0.25, 0.3) is 0 Å². The summed E-state index contributed by atoms with van der Waals surface area (Å²) in [6.45, 7) is 0. The number of hydrogen-bond donors (Lipinski definition) is 0. The first-order valence-electron chi connectivity index (χ1n) is 6.05. The molecule has 2 aromatic rings. The van der Waals surface area contributed by atoms with E-state index in [4.69, 9.17) is 27.9 Å². The average Bonchev–Trinajstić information content (AvgIpc) is 2.81. The van der Waals surface area contributed by atoms with Crippen LogP contribution in [0.15, 0.2) is 42.5 Å².